The quantitative estimate of drug-likeness (QED) is 0.527. The lowest BCUT2D eigenvalue weighted by molar-refractivity contribution is 0.104. The first-order valence-electron chi connectivity index (χ1n) is 8.20. The average Bonchev–Trinajstić information content (AvgIpc) is 2.61. The second-order valence-corrected chi connectivity index (χ2v) is 6.07. The maximum Gasteiger partial charge on any atom is 0.185 e. The lowest BCUT2D eigenvalue weighted by Crippen LogP contribution is -2.04. The van der Waals surface area contributed by atoms with Gasteiger partial charge >= 0.3 is 0 Å². The Morgan fingerprint density at radius 1 is 0.864 bits per heavy atom. The molecule has 2 aromatic rings. The highest BCUT2D eigenvalue weighted by Crippen LogP contribution is 2.32. The van der Waals surface area contributed by atoms with Crippen molar-refractivity contribution < 1.29 is 4.79 Å². The third-order valence-corrected chi connectivity index (χ3v) is 4.50. The third-order valence-electron chi connectivity index (χ3n) is 4.50. The van der Waals surface area contributed by atoms with Gasteiger partial charge in [-0.1, -0.05) is 79.9 Å². The highest BCUT2D eigenvalue weighted by molar-refractivity contribution is 6.06. The third kappa shape index (κ3) is 3.73. The van der Waals surface area contributed by atoms with Crippen LogP contribution in [-0.4, -0.2) is 5.78 Å². The minimum Gasteiger partial charge on any atom is -0.289 e. The second-order valence-electron chi connectivity index (χ2n) is 6.07. The van der Waals surface area contributed by atoms with Crippen LogP contribution in [0, 0.1) is 0 Å². The molecule has 0 N–H and O–H groups in total. The number of hydrogen-bond donors (Lipinski definition) is 0. The van der Waals surface area contributed by atoms with Gasteiger partial charge in [0.2, 0.25) is 0 Å². The number of carbonyl (C=O) groups is 1. The van der Waals surface area contributed by atoms with Gasteiger partial charge in [-0.25, -0.2) is 0 Å². The van der Waals surface area contributed by atoms with E-state index in [-0.39, 0.29) is 5.78 Å². The predicted octanol–water partition coefficient (Wildman–Crippen LogP) is 5.63. The van der Waals surface area contributed by atoms with E-state index in [1.165, 1.54) is 37.7 Å². The summed E-state index contributed by atoms with van der Waals surface area (Å²) in [6.07, 6.45) is 10.2. The van der Waals surface area contributed by atoms with E-state index in [0.29, 0.717) is 5.92 Å². The molecule has 2 aromatic carbocycles. The zero-order chi connectivity index (χ0) is 15.2. The van der Waals surface area contributed by atoms with E-state index in [1.54, 1.807) is 6.08 Å². The minimum atomic E-state index is 0.0686. The SMILES string of the molecule is O=C(/C=C\c1ccccc1)c1ccc(C2CCCCC2)cc1. The number of carbonyl (C=O) groups excluding carboxylic acids is 1. The van der Waals surface area contributed by atoms with E-state index in [1.807, 2.05) is 48.5 Å². The molecule has 1 saturated carbocycles. The molecule has 0 amide bonds. The molecule has 0 aromatic heterocycles. The zero-order valence-corrected chi connectivity index (χ0v) is 12.9. The molecule has 3 rings (SSSR count). The van der Waals surface area contributed by atoms with Crippen molar-refractivity contribution in [1.29, 1.82) is 0 Å². The molecule has 0 heterocycles. The highest BCUT2D eigenvalue weighted by Gasteiger charge is 2.15. The predicted molar refractivity (Wildman–Crippen MR) is 92.1 cm³/mol. The summed E-state index contributed by atoms with van der Waals surface area (Å²) in [5.41, 5.74) is 3.21. The Balaban J connectivity index is 1.67. The molecular weight excluding hydrogens is 268 g/mol. The molecule has 1 aliphatic rings. The summed E-state index contributed by atoms with van der Waals surface area (Å²) >= 11 is 0. The van der Waals surface area contributed by atoms with Crippen LogP contribution in [0.15, 0.2) is 60.7 Å². The van der Waals surface area contributed by atoms with Crippen LogP contribution >= 0.6 is 0 Å². The minimum absolute atomic E-state index is 0.0686. The summed E-state index contributed by atoms with van der Waals surface area (Å²) < 4.78 is 0. The van der Waals surface area contributed by atoms with Crippen molar-refractivity contribution in [2.24, 2.45) is 0 Å². The molecule has 0 bridgehead atoms. The van der Waals surface area contributed by atoms with Gasteiger partial charge < -0.3 is 0 Å². The van der Waals surface area contributed by atoms with Gasteiger partial charge in [0.25, 0.3) is 0 Å². The summed E-state index contributed by atoms with van der Waals surface area (Å²) in [6.45, 7) is 0. The fourth-order valence-corrected chi connectivity index (χ4v) is 3.19. The van der Waals surface area contributed by atoms with Gasteiger partial charge in [0.15, 0.2) is 5.78 Å². The Labute approximate surface area is 132 Å². The molecule has 22 heavy (non-hydrogen) atoms. The first kappa shape index (κ1) is 14.8. The smallest absolute Gasteiger partial charge is 0.185 e. The molecule has 0 spiro atoms. The number of ketones is 1. The van der Waals surface area contributed by atoms with E-state index in [4.69, 9.17) is 0 Å². The van der Waals surface area contributed by atoms with Gasteiger partial charge in [0.05, 0.1) is 0 Å². The molecule has 1 fully saturated rings. The molecule has 0 atom stereocenters. The Kier molecular flexibility index (Phi) is 4.85. The molecule has 112 valence electrons. The Morgan fingerprint density at radius 2 is 1.55 bits per heavy atom. The lowest BCUT2D eigenvalue weighted by atomic mass is 9.84. The largest absolute Gasteiger partial charge is 0.289 e. The molecule has 0 radical (unpaired) electrons. The van der Waals surface area contributed by atoms with E-state index >= 15 is 0 Å². The second kappa shape index (κ2) is 7.22. The van der Waals surface area contributed by atoms with E-state index in [2.05, 4.69) is 12.1 Å². The fourth-order valence-electron chi connectivity index (χ4n) is 3.19. The first-order chi connectivity index (χ1) is 10.8. The number of benzene rings is 2. The molecule has 0 aliphatic heterocycles. The Morgan fingerprint density at radius 3 is 2.23 bits per heavy atom. The van der Waals surface area contributed by atoms with Crippen molar-refractivity contribution in [3.05, 3.63) is 77.4 Å². The normalized spacial score (nSPS) is 16.0. The summed E-state index contributed by atoms with van der Waals surface area (Å²) in [5, 5.41) is 0. The van der Waals surface area contributed by atoms with Crippen molar-refractivity contribution in [2.75, 3.05) is 0 Å². The highest BCUT2D eigenvalue weighted by atomic mass is 16.1. The molecule has 0 saturated heterocycles. The molecule has 1 nitrogen and oxygen atoms in total. The molecule has 1 heteroatoms. The standard InChI is InChI=1S/C21H22O/c22-21(16-11-17-7-3-1-4-8-17)20-14-12-19(13-15-20)18-9-5-2-6-10-18/h1,3-4,7-8,11-16,18H,2,5-6,9-10H2/b16-11-. The maximum absolute atomic E-state index is 12.2. The van der Waals surface area contributed by atoms with Crippen LogP contribution < -0.4 is 0 Å². The molecular formula is C21H22O. The Bertz CT molecular complexity index is 631. The maximum atomic E-state index is 12.2. The van der Waals surface area contributed by atoms with Gasteiger partial charge in [-0.05, 0) is 36.0 Å². The number of rotatable bonds is 4. The zero-order valence-electron chi connectivity index (χ0n) is 12.9. The van der Waals surface area contributed by atoms with E-state index in [9.17, 15) is 4.79 Å². The van der Waals surface area contributed by atoms with Crippen LogP contribution in [0.1, 0.15) is 59.5 Å². The van der Waals surface area contributed by atoms with Gasteiger partial charge in [-0.3, -0.25) is 4.79 Å². The number of allylic oxidation sites excluding steroid dienone is 1. The lowest BCUT2D eigenvalue weighted by Gasteiger charge is -2.21. The van der Waals surface area contributed by atoms with Crippen molar-refractivity contribution in [1.82, 2.24) is 0 Å². The topological polar surface area (TPSA) is 17.1 Å². The van der Waals surface area contributed by atoms with Gasteiger partial charge in [-0.15, -0.1) is 0 Å². The van der Waals surface area contributed by atoms with Crippen LogP contribution in [-0.2, 0) is 0 Å². The first-order valence-corrected chi connectivity index (χ1v) is 8.20. The van der Waals surface area contributed by atoms with Crippen LogP contribution in [0.2, 0.25) is 0 Å². The van der Waals surface area contributed by atoms with Crippen molar-refractivity contribution >= 4 is 11.9 Å². The van der Waals surface area contributed by atoms with Crippen molar-refractivity contribution in [3.8, 4) is 0 Å². The van der Waals surface area contributed by atoms with Crippen molar-refractivity contribution in [3.63, 3.8) is 0 Å². The fraction of sp³-hybridized carbons (Fsp3) is 0.286. The van der Waals surface area contributed by atoms with Crippen LogP contribution in [0.5, 0.6) is 0 Å². The number of hydrogen-bond acceptors (Lipinski definition) is 1. The summed E-state index contributed by atoms with van der Waals surface area (Å²) in [6, 6.07) is 18.1. The van der Waals surface area contributed by atoms with Crippen LogP contribution in [0.25, 0.3) is 6.08 Å². The average molecular weight is 290 g/mol. The monoisotopic (exact) mass is 290 g/mol. The van der Waals surface area contributed by atoms with Crippen molar-refractivity contribution in [2.45, 2.75) is 38.0 Å². The van der Waals surface area contributed by atoms with E-state index < -0.39 is 0 Å². The molecule has 1 aliphatic carbocycles. The van der Waals surface area contributed by atoms with Gasteiger partial charge in [0, 0.05) is 5.56 Å². The van der Waals surface area contributed by atoms with Crippen LogP contribution in [0.3, 0.4) is 0 Å². The van der Waals surface area contributed by atoms with Crippen LogP contribution in [0.4, 0.5) is 0 Å². The summed E-state index contributed by atoms with van der Waals surface area (Å²) in [5.74, 6) is 0.761. The molecule has 0 unspecified atom stereocenters. The Hall–Kier alpha value is -2.15. The van der Waals surface area contributed by atoms with Gasteiger partial charge in [0.1, 0.15) is 0 Å². The van der Waals surface area contributed by atoms with Gasteiger partial charge in [-0.2, -0.15) is 0 Å². The van der Waals surface area contributed by atoms with E-state index in [0.717, 1.165) is 11.1 Å². The summed E-state index contributed by atoms with van der Waals surface area (Å²) in [7, 11) is 0. The summed E-state index contributed by atoms with van der Waals surface area (Å²) in [4.78, 5) is 12.2.